The molecule has 1 unspecified atom stereocenters. The van der Waals surface area contributed by atoms with Gasteiger partial charge in [-0.05, 0) is 30.7 Å². The first kappa shape index (κ1) is 18.1. The van der Waals surface area contributed by atoms with Crippen molar-refractivity contribution < 1.29 is 8.42 Å². The van der Waals surface area contributed by atoms with Crippen molar-refractivity contribution in [2.45, 2.75) is 17.9 Å². The molecule has 144 valence electrons. The van der Waals surface area contributed by atoms with E-state index in [0.29, 0.717) is 17.0 Å². The second-order valence-electron chi connectivity index (χ2n) is 6.47. The van der Waals surface area contributed by atoms with Gasteiger partial charge in [0.15, 0.2) is 5.82 Å². The maximum Gasteiger partial charge on any atom is 0.265 e. The Hall–Kier alpha value is -3.24. The highest BCUT2D eigenvalue weighted by atomic mass is 32.2. The first-order valence-corrected chi connectivity index (χ1v) is 10.0. The second-order valence-corrected chi connectivity index (χ2v) is 8.16. The van der Waals surface area contributed by atoms with E-state index in [9.17, 15) is 8.42 Å². The highest BCUT2D eigenvalue weighted by Crippen LogP contribution is 2.25. The molecule has 0 bridgehead atoms. The molecule has 9 nitrogen and oxygen atoms in total. The number of pyridine rings is 1. The van der Waals surface area contributed by atoms with Crippen LogP contribution in [0.15, 0.2) is 60.0 Å². The number of sulfonamides is 1. The van der Waals surface area contributed by atoms with Gasteiger partial charge in [0.25, 0.3) is 10.0 Å². The molecule has 0 radical (unpaired) electrons. The molecule has 1 aromatic carbocycles. The van der Waals surface area contributed by atoms with Gasteiger partial charge < -0.3 is 5.73 Å². The number of aromatic nitrogens is 5. The quantitative estimate of drug-likeness (QED) is 0.531. The summed E-state index contributed by atoms with van der Waals surface area (Å²) < 4.78 is 31.4. The van der Waals surface area contributed by atoms with Crippen LogP contribution in [0.3, 0.4) is 0 Å². The Kier molecular flexibility index (Phi) is 4.36. The van der Waals surface area contributed by atoms with Gasteiger partial charge in [0, 0.05) is 24.7 Å². The average molecular weight is 397 g/mol. The van der Waals surface area contributed by atoms with Crippen LogP contribution in [0.2, 0.25) is 0 Å². The molecule has 0 saturated heterocycles. The predicted molar refractivity (Wildman–Crippen MR) is 105 cm³/mol. The van der Waals surface area contributed by atoms with E-state index >= 15 is 0 Å². The minimum atomic E-state index is -3.84. The molecule has 0 amide bonds. The number of aryl methyl sites for hydroxylation is 1. The van der Waals surface area contributed by atoms with Crippen LogP contribution in [0, 0.1) is 0 Å². The summed E-state index contributed by atoms with van der Waals surface area (Å²) in [6, 6.07) is 8.76. The van der Waals surface area contributed by atoms with Crippen molar-refractivity contribution in [3.05, 3.63) is 60.7 Å². The summed E-state index contributed by atoms with van der Waals surface area (Å²) in [6.07, 6.45) is 6.00. The molecule has 3 heterocycles. The summed E-state index contributed by atoms with van der Waals surface area (Å²) in [5, 5.41) is 9.16. The molecule has 10 heteroatoms. The molecule has 0 aliphatic carbocycles. The number of para-hydroxylation sites is 1. The van der Waals surface area contributed by atoms with Crippen LogP contribution in [-0.2, 0) is 17.1 Å². The molecule has 0 aliphatic rings. The maximum atomic E-state index is 12.9. The van der Waals surface area contributed by atoms with Gasteiger partial charge in [-0.25, -0.2) is 18.1 Å². The fourth-order valence-electron chi connectivity index (χ4n) is 2.93. The zero-order valence-electron chi connectivity index (χ0n) is 15.3. The standard InChI is InChI=1S/C18H19N7O2S/c1-12(19)13-6-7-20-17(8-13)25-11-15(10-22-25)28(26,27)23-16-5-3-4-14-9-21-24(2)18(14)16/h3-12,23H,19H2,1-2H3. The van der Waals surface area contributed by atoms with E-state index in [0.717, 1.165) is 10.9 Å². The van der Waals surface area contributed by atoms with Crippen LogP contribution in [-0.4, -0.2) is 33.0 Å². The summed E-state index contributed by atoms with van der Waals surface area (Å²) in [5.41, 5.74) is 7.93. The highest BCUT2D eigenvalue weighted by Gasteiger charge is 2.19. The molecule has 4 aromatic rings. The summed E-state index contributed by atoms with van der Waals surface area (Å²) in [7, 11) is -2.08. The lowest BCUT2D eigenvalue weighted by molar-refractivity contribution is 0.601. The van der Waals surface area contributed by atoms with Crippen molar-refractivity contribution in [3.8, 4) is 5.82 Å². The Morgan fingerprint density at radius 1 is 1.18 bits per heavy atom. The molecule has 0 spiro atoms. The van der Waals surface area contributed by atoms with Crippen molar-refractivity contribution in [3.63, 3.8) is 0 Å². The molecule has 3 N–H and O–H groups in total. The Labute approximate surface area is 161 Å². The highest BCUT2D eigenvalue weighted by molar-refractivity contribution is 7.92. The lowest BCUT2D eigenvalue weighted by Gasteiger charge is -2.09. The summed E-state index contributed by atoms with van der Waals surface area (Å²) >= 11 is 0. The van der Waals surface area contributed by atoms with E-state index < -0.39 is 10.0 Å². The average Bonchev–Trinajstić information content (AvgIpc) is 3.30. The molecule has 0 fully saturated rings. The molecule has 0 aliphatic heterocycles. The Morgan fingerprint density at radius 2 is 2.00 bits per heavy atom. The molecule has 0 saturated carbocycles. The number of hydrogen-bond acceptors (Lipinski definition) is 6. The van der Waals surface area contributed by atoms with Gasteiger partial charge in [0.05, 0.1) is 29.8 Å². The van der Waals surface area contributed by atoms with Crippen molar-refractivity contribution in [2.75, 3.05) is 4.72 Å². The van der Waals surface area contributed by atoms with Crippen LogP contribution in [0.1, 0.15) is 18.5 Å². The van der Waals surface area contributed by atoms with E-state index in [2.05, 4.69) is 19.9 Å². The first-order valence-electron chi connectivity index (χ1n) is 8.55. The summed E-state index contributed by atoms with van der Waals surface area (Å²) in [6.45, 7) is 1.86. The van der Waals surface area contributed by atoms with Crippen molar-refractivity contribution >= 4 is 26.6 Å². The number of nitrogens with one attached hydrogen (secondary N) is 1. The molecule has 4 rings (SSSR count). The van der Waals surface area contributed by atoms with E-state index in [1.54, 1.807) is 42.3 Å². The fraction of sp³-hybridized carbons (Fsp3) is 0.167. The molecule has 28 heavy (non-hydrogen) atoms. The van der Waals surface area contributed by atoms with Crippen LogP contribution < -0.4 is 10.5 Å². The van der Waals surface area contributed by atoms with Crippen molar-refractivity contribution in [1.82, 2.24) is 24.5 Å². The maximum absolute atomic E-state index is 12.9. The number of anilines is 1. The Bertz CT molecular complexity index is 1260. The van der Waals surface area contributed by atoms with Gasteiger partial charge in [0.1, 0.15) is 4.90 Å². The topological polar surface area (TPSA) is 121 Å². The van der Waals surface area contributed by atoms with Gasteiger partial charge in [-0.2, -0.15) is 10.2 Å². The second kappa shape index (κ2) is 6.73. The first-order chi connectivity index (χ1) is 13.3. The zero-order valence-corrected chi connectivity index (χ0v) is 16.1. The number of nitrogens with two attached hydrogens (primary N) is 1. The monoisotopic (exact) mass is 397 g/mol. The number of rotatable bonds is 5. The summed E-state index contributed by atoms with van der Waals surface area (Å²) in [5.74, 6) is 0.491. The minimum absolute atomic E-state index is 0.0275. The van der Waals surface area contributed by atoms with Gasteiger partial charge in [-0.1, -0.05) is 12.1 Å². The normalized spacial score (nSPS) is 13.0. The Morgan fingerprint density at radius 3 is 2.79 bits per heavy atom. The van der Waals surface area contributed by atoms with Crippen molar-refractivity contribution in [1.29, 1.82) is 0 Å². The number of fused-ring (bicyclic) bond motifs is 1. The number of benzene rings is 1. The number of nitrogens with zero attached hydrogens (tertiary/aromatic N) is 5. The smallest absolute Gasteiger partial charge is 0.265 e. The Balaban J connectivity index is 1.68. The SMILES string of the molecule is CC(N)c1ccnc(-n2cc(S(=O)(=O)Nc3cccc4cnn(C)c34)cn2)c1. The molecule has 3 aromatic heterocycles. The molecule has 1 atom stereocenters. The third kappa shape index (κ3) is 3.23. The van der Waals surface area contributed by atoms with Gasteiger partial charge >= 0.3 is 0 Å². The van der Waals surface area contributed by atoms with Crippen molar-refractivity contribution in [2.24, 2.45) is 12.8 Å². The van der Waals surface area contributed by atoms with Gasteiger partial charge in [-0.15, -0.1) is 0 Å². The third-order valence-electron chi connectivity index (χ3n) is 4.40. The zero-order chi connectivity index (χ0) is 19.9. The third-order valence-corrected chi connectivity index (χ3v) is 5.72. The van der Waals surface area contributed by atoms with E-state index in [-0.39, 0.29) is 10.9 Å². The minimum Gasteiger partial charge on any atom is -0.324 e. The van der Waals surface area contributed by atoms with Crippen LogP contribution in [0.4, 0.5) is 5.69 Å². The predicted octanol–water partition coefficient (Wildman–Crippen LogP) is 1.97. The van der Waals surface area contributed by atoms with E-state index in [4.69, 9.17) is 5.73 Å². The largest absolute Gasteiger partial charge is 0.324 e. The fourth-order valence-corrected chi connectivity index (χ4v) is 3.93. The number of hydrogen-bond donors (Lipinski definition) is 2. The lowest BCUT2D eigenvalue weighted by atomic mass is 10.1. The summed E-state index contributed by atoms with van der Waals surface area (Å²) in [4.78, 5) is 4.26. The van der Waals surface area contributed by atoms with E-state index in [1.165, 1.54) is 17.1 Å². The molecular formula is C18H19N7O2S. The van der Waals surface area contributed by atoms with Crippen LogP contribution >= 0.6 is 0 Å². The molecular weight excluding hydrogens is 378 g/mol. The lowest BCUT2D eigenvalue weighted by Crippen LogP contribution is -2.13. The van der Waals surface area contributed by atoms with E-state index in [1.807, 2.05) is 19.1 Å². The van der Waals surface area contributed by atoms with Crippen LogP contribution in [0.5, 0.6) is 0 Å². The van der Waals surface area contributed by atoms with Crippen LogP contribution in [0.25, 0.3) is 16.7 Å². The van der Waals surface area contributed by atoms with Gasteiger partial charge in [-0.3, -0.25) is 9.40 Å². The van der Waals surface area contributed by atoms with Gasteiger partial charge in [0.2, 0.25) is 0 Å².